The summed E-state index contributed by atoms with van der Waals surface area (Å²) >= 11 is 0. The number of methoxy groups -OCH3 is 1. The van der Waals surface area contributed by atoms with Gasteiger partial charge in [0.1, 0.15) is 16.9 Å². The number of rotatable bonds is 3. The van der Waals surface area contributed by atoms with E-state index in [0.29, 0.717) is 11.4 Å². The van der Waals surface area contributed by atoms with Crippen LogP contribution >= 0.6 is 0 Å². The summed E-state index contributed by atoms with van der Waals surface area (Å²) in [6.07, 6.45) is 1.16. The van der Waals surface area contributed by atoms with E-state index in [1.54, 1.807) is 18.0 Å². The largest absolute Gasteiger partial charge is 0.493 e. The molecule has 1 aliphatic rings. The van der Waals surface area contributed by atoms with Crippen LogP contribution < -0.4 is 4.74 Å². The van der Waals surface area contributed by atoms with Crippen molar-refractivity contribution in [2.24, 2.45) is 0 Å². The van der Waals surface area contributed by atoms with Crippen LogP contribution in [0, 0.1) is 0 Å². The molecule has 0 unspecified atom stereocenters. The number of hydrogen-bond acceptors (Lipinski definition) is 5. The molecule has 2 heterocycles. The quantitative estimate of drug-likeness (QED) is 0.922. The van der Waals surface area contributed by atoms with E-state index in [1.165, 1.54) is 4.90 Å². The highest BCUT2D eigenvalue weighted by Crippen LogP contribution is 2.39. The van der Waals surface area contributed by atoms with E-state index in [-0.39, 0.29) is 19.1 Å². The Labute approximate surface area is 130 Å². The summed E-state index contributed by atoms with van der Waals surface area (Å²) in [5, 5.41) is 15.1. The predicted molar refractivity (Wildman–Crippen MR) is 80.9 cm³/mol. The number of hydrogen-bond donors (Lipinski definition) is 1. The van der Waals surface area contributed by atoms with E-state index in [1.807, 2.05) is 34.6 Å². The molecule has 0 spiro atoms. The van der Waals surface area contributed by atoms with Crippen molar-refractivity contribution in [1.82, 2.24) is 14.7 Å². The van der Waals surface area contributed by atoms with Crippen molar-refractivity contribution in [2.45, 2.75) is 51.9 Å². The second kappa shape index (κ2) is 5.46. The van der Waals surface area contributed by atoms with Crippen LogP contribution in [0.15, 0.2) is 6.20 Å². The lowest BCUT2D eigenvalue weighted by molar-refractivity contribution is -0.109. The van der Waals surface area contributed by atoms with Crippen molar-refractivity contribution < 1.29 is 19.4 Å². The SMILES string of the molecule is COc1cnn(C(C)C)c1C1(O)CN(C(=O)OC(C)(C)C)C1. The molecule has 0 saturated carbocycles. The molecule has 124 valence electrons. The Kier molecular flexibility index (Phi) is 4.12. The summed E-state index contributed by atoms with van der Waals surface area (Å²) in [5.41, 5.74) is -1.12. The number of ether oxygens (including phenoxy) is 2. The van der Waals surface area contributed by atoms with Crippen LogP contribution in [-0.4, -0.2) is 51.7 Å². The van der Waals surface area contributed by atoms with E-state index in [4.69, 9.17) is 9.47 Å². The van der Waals surface area contributed by atoms with Gasteiger partial charge in [0.15, 0.2) is 5.75 Å². The van der Waals surface area contributed by atoms with Crippen LogP contribution in [0.25, 0.3) is 0 Å². The summed E-state index contributed by atoms with van der Waals surface area (Å²) in [5.74, 6) is 0.528. The first-order valence-corrected chi connectivity index (χ1v) is 7.39. The Morgan fingerprint density at radius 2 is 2.00 bits per heavy atom. The van der Waals surface area contributed by atoms with Crippen molar-refractivity contribution in [3.8, 4) is 5.75 Å². The van der Waals surface area contributed by atoms with Gasteiger partial charge in [-0.2, -0.15) is 5.10 Å². The van der Waals surface area contributed by atoms with Gasteiger partial charge in [-0.1, -0.05) is 0 Å². The molecule has 1 aromatic rings. The van der Waals surface area contributed by atoms with Gasteiger partial charge in [0, 0.05) is 6.04 Å². The topological polar surface area (TPSA) is 76.8 Å². The van der Waals surface area contributed by atoms with Gasteiger partial charge in [0.25, 0.3) is 0 Å². The van der Waals surface area contributed by atoms with Crippen molar-refractivity contribution in [2.75, 3.05) is 20.2 Å². The van der Waals surface area contributed by atoms with Crippen LogP contribution in [-0.2, 0) is 10.3 Å². The molecule has 1 fully saturated rings. The molecule has 7 heteroatoms. The first kappa shape index (κ1) is 16.6. The lowest BCUT2D eigenvalue weighted by atomic mass is 9.90. The molecule has 7 nitrogen and oxygen atoms in total. The number of nitrogens with zero attached hydrogens (tertiary/aromatic N) is 3. The average Bonchev–Trinajstić information content (AvgIpc) is 2.76. The van der Waals surface area contributed by atoms with Crippen molar-refractivity contribution in [1.29, 1.82) is 0 Å². The molecule has 1 aliphatic heterocycles. The Morgan fingerprint density at radius 1 is 1.41 bits per heavy atom. The van der Waals surface area contributed by atoms with E-state index >= 15 is 0 Å². The highest BCUT2D eigenvalue weighted by Gasteiger charge is 2.50. The molecule has 0 aliphatic carbocycles. The summed E-state index contributed by atoms with van der Waals surface area (Å²) in [6, 6.07) is 0.0819. The smallest absolute Gasteiger partial charge is 0.410 e. The number of carbonyl (C=O) groups is 1. The third-order valence-corrected chi connectivity index (χ3v) is 3.47. The summed E-state index contributed by atoms with van der Waals surface area (Å²) in [4.78, 5) is 13.5. The van der Waals surface area contributed by atoms with Crippen LogP contribution in [0.3, 0.4) is 0 Å². The number of β-amino-alcohol motifs (C(OH)–C–C–N with tert-alkyl or cyclic N) is 1. The Balaban J connectivity index is 2.16. The number of carbonyl (C=O) groups excluding carboxylic acids is 1. The third kappa shape index (κ3) is 3.04. The van der Waals surface area contributed by atoms with E-state index < -0.39 is 17.3 Å². The van der Waals surface area contributed by atoms with E-state index in [2.05, 4.69) is 5.10 Å². The van der Waals surface area contributed by atoms with Gasteiger partial charge in [-0.15, -0.1) is 0 Å². The molecular weight excluding hydrogens is 286 g/mol. The highest BCUT2D eigenvalue weighted by molar-refractivity contribution is 5.70. The molecular formula is C15H25N3O4. The average molecular weight is 311 g/mol. The van der Waals surface area contributed by atoms with Gasteiger partial charge in [-0.3, -0.25) is 4.68 Å². The molecule has 22 heavy (non-hydrogen) atoms. The third-order valence-electron chi connectivity index (χ3n) is 3.47. The number of amides is 1. The fraction of sp³-hybridized carbons (Fsp3) is 0.733. The van der Waals surface area contributed by atoms with Crippen LogP contribution in [0.5, 0.6) is 5.75 Å². The standard InChI is InChI=1S/C15H25N3O4/c1-10(2)18-12(11(21-6)7-16-18)15(20)8-17(9-15)13(19)22-14(3,4)5/h7,10,20H,8-9H2,1-6H3. The molecule has 0 bridgehead atoms. The zero-order valence-electron chi connectivity index (χ0n) is 14.1. The van der Waals surface area contributed by atoms with Gasteiger partial charge in [-0.05, 0) is 34.6 Å². The highest BCUT2D eigenvalue weighted by atomic mass is 16.6. The first-order valence-electron chi connectivity index (χ1n) is 7.39. The second-order valence-electron chi connectivity index (χ2n) is 6.97. The maximum atomic E-state index is 12.0. The fourth-order valence-corrected chi connectivity index (χ4v) is 2.52. The van der Waals surface area contributed by atoms with E-state index in [0.717, 1.165) is 0 Å². The van der Waals surface area contributed by atoms with Crippen molar-refractivity contribution >= 4 is 6.09 Å². The molecule has 1 aromatic heterocycles. The van der Waals surface area contributed by atoms with Crippen LogP contribution in [0.2, 0.25) is 0 Å². The van der Waals surface area contributed by atoms with E-state index in [9.17, 15) is 9.90 Å². The maximum absolute atomic E-state index is 12.0. The number of likely N-dealkylation sites (tertiary alicyclic amines) is 1. The minimum absolute atomic E-state index is 0.0819. The molecule has 1 N–H and O–H groups in total. The minimum Gasteiger partial charge on any atom is -0.493 e. The summed E-state index contributed by atoms with van der Waals surface area (Å²) in [7, 11) is 1.54. The molecule has 0 radical (unpaired) electrons. The maximum Gasteiger partial charge on any atom is 0.410 e. The normalized spacial score (nSPS) is 17.4. The van der Waals surface area contributed by atoms with Gasteiger partial charge in [0.05, 0.1) is 26.4 Å². The number of aliphatic hydroxyl groups is 1. The zero-order chi connectivity index (χ0) is 16.7. The van der Waals surface area contributed by atoms with Crippen molar-refractivity contribution in [3.05, 3.63) is 11.9 Å². The van der Waals surface area contributed by atoms with Gasteiger partial charge < -0.3 is 19.5 Å². The van der Waals surface area contributed by atoms with Crippen molar-refractivity contribution in [3.63, 3.8) is 0 Å². The van der Waals surface area contributed by atoms with Gasteiger partial charge >= 0.3 is 6.09 Å². The van der Waals surface area contributed by atoms with Crippen LogP contribution in [0.1, 0.15) is 46.4 Å². The lowest BCUT2D eigenvalue weighted by Gasteiger charge is -2.46. The zero-order valence-corrected chi connectivity index (χ0v) is 14.1. The van der Waals surface area contributed by atoms with Gasteiger partial charge in [0.2, 0.25) is 0 Å². The molecule has 0 aromatic carbocycles. The Bertz CT molecular complexity index is 554. The summed E-state index contributed by atoms with van der Waals surface area (Å²) < 4.78 is 12.3. The Hall–Kier alpha value is -1.76. The second-order valence-corrected chi connectivity index (χ2v) is 6.97. The monoisotopic (exact) mass is 311 g/mol. The van der Waals surface area contributed by atoms with Crippen LogP contribution in [0.4, 0.5) is 4.79 Å². The molecule has 1 amide bonds. The lowest BCUT2D eigenvalue weighted by Crippen LogP contribution is -2.62. The Morgan fingerprint density at radius 3 is 2.45 bits per heavy atom. The minimum atomic E-state index is -1.16. The number of aromatic nitrogens is 2. The first-order chi connectivity index (χ1) is 10.1. The van der Waals surface area contributed by atoms with Gasteiger partial charge in [-0.25, -0.2) is 4.79 Å². The molecule has 2 rings (SSSR count). The molecule has 0 atom stereocenters. The fourth-order valence-electron chi connectivity index (χ4n) is 2.52. The molecule has 1 saturated heterocycles. The predicted octanol–water partition coefficient (Wildman–Crippen LogP) is 1.91. The summed E-state index contributed by atoms with van der Waals surface area (Å²) in [6.45, 7) is 9.72.